The first-order chi connectivity index (χ1) is 8.24. The second-order valence-corrected chi connectivity index (χ2v) is 4.26. The van der Waals surface area contributed by atoms with E-state index in [1.807, 2.05) is 6.07 Å². The number of rotatable bonds is 6. The average molecular weight is 237 g/mol. The van der Waals surface area contributed by atoms with Crippen molar-refractivity contribution >= 4 is 0 Å². The van der Waals surface area contributed by atoms with E-state index in [0.717, 1.165) is 12.8 Å². The molecule has 0 bridgehead atoms. The summed E-state index contributed by atoms with van der Waals surface area (Å²) in [5, 5.41) is 21.7. The number of nitriles is 1. The average Bonchev–Trinajstić information content (AvgIpc) is 3.02. The predicted octanol–water partition coefficient (Wildman–Crippen LogP) is 0.984. The van der Waals surface area contributed by atoms with Gasteiger partial charge < -0.3 is 14.4 Å². The smallest absolute Gasteiger partial charge is 0.229 e. The number of aliphatic hydroxyl groups is 1. The molecule has 6 heteroatoms. The maximum absolute atomic E-state index is 9.45. The van der Waals surface area contributed by atoms with Crippen LogP contribution < -0.4 is 0 Å². The normalized spacial score (nSPS) is 18.6. The van der Waals surface area contributed by atoms with Crippen molar-refractivity contribution in [3.8, 4) is 6.07 Å². The molecule has 1 fully saturated rings. The van der Waals surface area contributed by atoms with Crippen molar-refractivity contribution in [2.24, 2.45) is 5.92 Å². The summed E-state index contributed by atoms with van der Waals surface area (Å²) in [6, 6.07) is 1.89. The fourth-order valence-corrected chi connectivity index (χ4v) is 1.75. The Morgan fingerprint density at radius 1 is 1.65 bits per heavy atom. The van der Waals surface area contributed by atoms with Gasteiger partial charge in [0, 0.05) is 7.11 Å². The van der Waals surface area contributed by atoms with Crippen molar-refractivity contribution in [2.75, 3.05) is 7.11 Å². The summed E-state index contributed by atoms with van der Waals surface area (Å²) in [7, 11) is 1.63. The number of hydrogen-bond donors (Lipinski definition) is 1. The predicted molar refractivity (Wildman–Crippen MR) is 56.7 cm³/mol. The van der Waals surface area contributed by atoms with Crippen LogP contribution in [0.25, 0.3) is 0 Å². The van der Waals surface area contributed by atoms with Gasteiger partial charge in [0.25, 0.3) is 0 Å². The number of ether oxygens (including phenoxy) is 1. The molecule has 0 aromatic carbocycles. The minimum atomic E-state index is -0.754. The number of nitrogens with zero attached hydrogens (tertiary/aromatic N) is 3. The third-order valence-electron chi connectivity index (χ3n) is 2.78. The first-order valence-corrected chi connectivity index (χ1v) is 5.65. The maximum atomic E-state index is 9.45. The molecule has 1 N–H and O–H groups in total. The van der Waals surface area contributed by atoms with Gasteiger partial charge in [-0.05, 0) is 18.8 Å². The molecule has 1 aliphatic carbocycles. The Balaban J connectivity index is 1.97. The maximum Gasteiger partial charge on any atom is 0.229 e. The number of hydrogen-bond acceptors (Lipinski definition) is 6. The zero-order chi connectivity index (χ0) is 12.3. The van der Waals surface area contributed by atoms with Crippen molar-refractivity contribution < 1.29 is 14.4 Å². The van der Waals surface area contributed by atoms with E-state index in [-0.39, 0.29) is 18.9 Å². The van der Waals surface area contributed by atoms with E-state index in [1.54, 1.807) is 7.11 Å². The van der Waals surface area contributed by atoms with Crippen LogP contribution in [-0.4, -0.2) is 28.5 Å². The molecule has 17 heavy (non-hydrogen) atoms. The van der Waals surface area contributed by atoms with Gasteiger partial charge in [0.1, 0.15) is 6.10 Å². The molecule has 0 amide bonds. The molecule has 0 radical (unpaired) electrons. The molecule has 6 nitrogen and oxygen atoms in total. The van der Waals surface area contributed by atoms with Gasteiger partial charge in [-0.15, -0.1) is 0 Å². The third kappa shape index (κ3) is 3.02. The van der Waals surface area contributed by atoms with Gasteiger partial charge in [-0.25, -0.2) is 0 Å². The molecule has 1 aliphatic rings. The van der Waals surface area contributed by atoms with Gasteiger partial charge in [0.2, 0.25) is 11.7 Å². The van der Waals surface area contributed by atoms with Crippen molar-refractivity contribution in [1.29, 1.82) is 5.26 Å². The van der Waals surface area contributed by atoms with Crippen LogP contribution in [0.15, 0.2) is 4.52 Å². The second-order valence-electron chi connectivity index (χ2n) is 4.26. The summed E-state index contributed by atoms with van der Waals surface area (Å²) in [4.78, 5) is 4.19. The Morgan fingerprint density at radius 2 is 2.41 bits per heavy atom. The van der Waals surface area contributed by atoms with Crippen molar-refractivity contribution in [1.82, 2.24) is 10.1 Å². The highest BCUT2D eigenvalue weighted by molar-refractivity contribution is 4.99. The van der Waals surface area contributed by atoms with Gasteiger partial charge in [-0.3, -0.25) is 0 Å². The summed E-state index contributed by atoms with van der Waals surface area (Å²) in [5.41, 5.74) is 0. The van der Waals surface area contributed by atoms with Crippen LogP contribution >= 0.6 is 0 Å². The SMILES string of the molecule is COC(c1noc(CC(O)CC#N)n1)C1CC1. The van der Waals surface area contributed by atoms with Crippen LogP contribution in [0.2, 0.25) is 0 Å². The zero-order valence-corrected chi connectivity index (χ0v) is 9.67. The Morgan fingerprint density at radius 3 is 3.00 bits per heavy atom. The van der Waals surface area contributed by atoms with Crippen LogP contribution in [0.3, 0.4) is 0 Å². The summed E-state index contributed by atoms with van der Waals surface area (Å²) in [6.45, 7) is 0. The van der Waals surface area contributed by atoms with E-state index in [4.69, 9.17) is 14.5 Å². The molecule has 92 valence electrons. The van der Waals surface area contributed by atoms with Crippen LogP contribution in [0.1, 0.15) is 37.1 Å². The van der Waals surface area contributed by atoms with E-state index >= 15 is 0 Å². The van der Waals surface area contributed by atoms with Crippen molar-refractivity contribution in [3.05, 3.63) is 11.7 Å². The summed E-state index contributed by atoms with van der Waals surface area (Å²) < 4.78 is 10.4. The molecular weight excluding hydrogens is 222 g/mol. The topological polar surface area (TPSA) is 92.2 Å². The largest absolute Gasteiger partial charge is 0.392 e. The molecule has 0 spiro atoms. The highest BCUT2D eigenvalue weighted by Gasteiger charge is 2.35. The lowest BCUT2D eigenvalue weighted by molar-refractivity contribution is 0.0751. The molecule has 2 atom stereocenters. The Kier molecular flexibility index (Phi) is 3.71. The van der Waals surface area contributed by atoms with Crippen LogP contribution in [-0.2, 0) is 11.2 Å². The molecule has 0 saturated heterocycles. The fourth-order valence-electron chi connectivity index (χ4n) is 1.75. The van der Waals surface area contributed by atoms with Crippen molar-refractivity contribution in [2.45, 2.75) is 37.9 Å². The standard InChI is InChI=1S/C11H15N3O3/c1-16-10(7-2-3-7)11-13-9(17-14-11)6-8(15)4-5-12/h7-8,10,15H,2-4,6H2,1H3. The van der Waals surface area contributed by atoms with Crippen LogP contribution in [0, 0.1) is 17.2 Å². The van der Waals surface area contributed by atoms with Gasteiger partial charge in [0.15, 0.2) is 0 Å². The quantitative estimate of drug-likeness (QED) is 0.793. The van der Waals surface area contributed by atoms with Gasteiger partial charge in [-0.2, -0.15) is 10.2 Å². The second kappa shape index (κ2) is 5.25. The molecule has 1 heterocycles. The molecule has 1 aromatic rings. The highest BCUT2D eigenvalue weighted by Crippen LogP contribution is 2.41. The van der Waals surface area contributed by atoms with Gasteiger partial charge in [-0.1, -0.05) is 5.16 Å². The monoisotopic (exact) mass is 237 g/mol. The lowest BCUT2D eigenvalue weighted by Gasteiger charge is -2.08. The molecule has 0 aliphatic heterocycles. The Labute approximate surface area is 99.2 Å². The lowest BCUT2D eigenvalue weighted by Crippen LogP contribution is -2.10. The third-order valence-corrected chi connectivity index (χ3v) is 2.78. The minimum absolute atomic E-state index is 0.0635. The van der Waals surface area contributed by atoms with Gasteiger partial charge in [0.05, 0.1) is 25.0 Å². The van der Waals surface area contributed by atoms with Crippen molar-refractivity contribution in [3.63, 3.8) is 0 Å². The summed E-state index contributed by atoms with van der Waals surface area (Å²) >= 11 is 0. The molecule has 1 saturated carbocycles. The first-order valence-electron chi connectivity index (χ1n) is 5.65. The lowest BCUT2D eigenvalue weighted by atomic mass is 10.2. The summed E-state index contributed by atoms with van der Waals surface area (Å²) in [5.74, 6) is 1.37. The van der Waals surface area contributed by atoms with Crippen LogP contribution in [0.5, 0.6) is 0 Å². The molecule has 1 aromatic heterocycles. The van der Waals surface area contributed by atoms with Crippen LogP contribution in [0.4, 0.5) is 0 Å². The number of aromatic nitrogens is 2. The molecular formula is C11H15N3O3. The Hall–Kier alpha value is -1.45. The Bertz CT molecular complexity index is 408. The van der Waals surface area contributed by atoms with E-state index in [0.29, 0.717) is 17.6 Å². The number of aliphatic hydroxyl groups excluding tert-OH is 1. The van der Waals surface area contributed by atoms with E-state index in [1.165, 1.54) is 0 Å². The first kappa shape index (κ1) is 12.0. The zero-order valence-electron chi connectivity index (χ0n) is 9.67. The van der Waals surface area contributed by atoms with E-state index in [9.17, 15) is 5.11 Å². The highest BCUT2D eigenvalue weighted by atomic mass is 16.5. The minimum Gasteiger partial charge on any atom is -0.392 e. The fraction of sp³-hybridized carbons (Fsp3) is 0.727. The molecule has 2 unspecified atom stereocenters. The molecule has 2 rings (SSSR count). The summed E-state index contributed by atoms with van der Waals surface area (Å²) in [6.07, 6.45) is 1.66. The van der Waals surface area contributed by atoms with E-state index in [2.05, 4.69) is 10.1 Å². The van der Waals surface area contributed by atoms with E-state index < -0.39 is 6.10 Å². The number of methoxy groups -OCH3 is 1. The van der Waals surface area contributed by atoms with Gasteiger partial charge >= 0.3 is 0 Å².